The van der Waals surface area contributed by atoms with Gasteiger partial charge in [0.05, 0.1) is 39.7 Å². The van der Waals surface area contributed by atoms with Crippen molar-refractivity contribution in [2.24, 2.45) is 0 Å². The molecule has 0 atom stereocenters. The van der Waals surface area contributed by atoms with Crippen LogP contribution in [0.1, 0.15) is 0 Å². The van der Waals surface area contributed by atoms with E-state index >= 15 is 0 Å². The third kappa shape index (κ3) is 4.27. The second kappa shape index (κ2) is 10.0. The largest absolute Gasteiger partial charge is 0.254 e. The summed E-state index contributed by atoms with van der Waals surface area (Å²) in [7, 11) is 0. The van der Waals surface area contributed by atoms with Crippen LogP contribution in [0.25, 0.3) is 77.6 Å². The van der Waals surface area contributed by atoms with Gasteiger partial charge in [-0.05, 0) is 52.6 Å². The number of aromatic nitrogens is 4. The van der Waals surface area contributed by atoms with Crippen molar-refractivity contribution in [3.63, 3.8) is 0 Å². The molecule has 3 heterocycles. The molecule has 0 spiro atoms. The molecule has 0 amide bonds. The van der Waals surface area contributed by atoms with Crippen molar-refractivity contribution in [1.82, 2.24) is 19.9 Å². The fraction of sp³-hybridized carbons (Fsp3) is 0. The highest BCUT2D eigenvalue weighted by Gasteiger charge is 2.13. The van der Waals surface area contributed by atoms with Crippen LogP contribution >= 0.6 is 0 Å². The second-order valence-electron chi connectivity index (χ2n) is 10.4. The second-order valence-corrected chi connectivity index (χ2v) is 10.4. The Bertz CT molecular complexity index is 2240. The van der Waals surface area contributed by atoms with Gasteiger partial charge in [0, 0.05) is 28.1 Å². The van der Waals surface area contributed by atoms with Crippen molar-refractivity contribution in [3.8, 4) is 44.8 Å². The van der Waals surface area contributed by atoms with Crippen LogP contribution in [-0.4, -0.2) is 19.9 Å². The number of nitrogens with zero attached hydrogens (tertiary/aromatic N) is 4. The molecule has 0 unspecified atom stereocenters. The van der Waals surface area contributed by atoms with Gasteiger partial charge < -0.3 is 0 Å². The topological polar surface area (TPSA) is 51.6 Å². The van der Waals surface area contributed by atoms with Crippen LogP contribution in [0.4, 0.5) is 0 Å². The van der Waals surface area contributed by atoms with Crippen molar-refractivity contribution >= 4 is 32.8 Å². The van der Waals surface area contributed by atoms with E-state index in [0.717, 1.165) is 77.6 Å². The maximum Gasteiger partial charge on any atom is 0.0972 e. The van der Waals surface area contributed by atoms with E-state index in [1.54, 1.807) is 0 Å². The summed E-state index contributed by atoms with van der Waals surface area (Å²) in [6, 6.07) is 46.0. The lowest BCUT2D eigenvalue weighted by Gasteiger charge is -2.13. The molecule has 8 aromatic rings. The molecule has 4 nitrogen and oxygen atoms in total. The molecule has 0 fully saturated rings. The smallest absolute Gasteiger partial charge is 0.0972 e. The van der Waals surface area contributed by atoms with E-state index in [2.05, 4.69) is 120 Å². The van der Waals surface area contributed by atoms with Crippen LogP contribution < -0.4 is 0 Å². The third-order valence-corrected chi connectivity index (χ3v) is 7.74. The van der Waals surface area contributed by atoms with Crippen molar-refractivity contribution in [3.05, 3.63) is 146 Å². The molecule has 196 valence electrons. The predicted octanol–water partition coefficient (Wildman–Crippen LogP) is 9.39. The molecule has 0 aliphatic carbocycles. The molecular weight excluding hydrogens is 512 g/mol. The maximum absolute atomic E-state index is 5.10. The van der Waals surface area contributed by atoms with Gasteiger partial charge in [0.1, 0.15) is 0 Å². The van der Waals surface area contributed by atoms with Gasteiger partial charge in [-0.25, -0.2) is 9.97 Å². The third-order valence-electron chi connectivity index (χ3n) is 7.74. The van der Waals surface area contributed by atoms with Crippen molar-refractivity contribution in [1.29, 1.82) is 0 Å². The van der Waals surface area contributed by atoms with Crippen molar-refractivity contribution in [2.45, 2.75) is 0 Å². The number of fused-ring (bicyclic) bond motifs is 4. The SMILES string of the molecule is c1ccc(-c2cc3ncc(-c4cccc(-c5ccc6ccc7cccnc7c6n5)c4)nc3cc2-c2ccccc2)cc1. The molecule has 42 heavy (non-hydrogen) atoms. The number of hydrogen-bond acceptors (Lipinski definition) is 4. The predicted molar refractivity (Wildman–Crippen MR) is 172 cm³/mol. The van der Waals surface area contributed by atoms with Crippen LogP contribution in [0, 0.1) is 0 Å². The molecule has 5 aromatic carbocycles. The summed E-state index contributed by atoms with van der Waals surface area (Å²) in [5.41, 5.74) is 11.9. The average molecular weight is 537 g/mol. The first-order valence-corrected chi connectivity index (χ1v) is 14.0. The van der Waals surface area contributed by atoms with E-state index in [1.165, 1.54) is 0 Å². The number of hydrogen-bond donors (Lipinski definition) is 0. The summed E-state index contributed by atoms with van der Waals surface area (Å²) in [6.07, 6.45) is 3.69. The molecule has 0 N–H and O–H groups in total. The van der Waals surface area contributed by atoms with Crippen molar-refractivity contribution in [2.75, 3.05) is 0 Å². The van der Waals surface area contributed by atoms with Gasteiger partial charge in [0.2, 0.25) is 0 Å². The molecule has 0 saturated carbocycles. The summed E-state index contributed by atoms with van der Waals surface area (Å²) in [5, 5.41) is 2.16. The van der Waals surface area contributed by atoms with Crippen molar-refractivity contribution < 1.29 is 0 Å². The number of pyridine rings is 2. The van der Waals surface area contributed by atoms with E-state index in [-0.39, 0.29) is 0 Å². The lowest BCUT2D eigenvalue weighted by molar-refractivity contribution is 1.29. The molecule has 8 rings (SSSR count). The molecular formula is C38H24N4. The summed E-state index contributed by atoms with van der Waals surface area (Å²) in [4.78, 5) is 19.6. The quantitative estimate of drug-likeness (QED) is 0.210. The lowest BCUT2D eigenvalue weighted by atomic mass is 9.93. The van der Waals surface area contributed by atoms with Gasteiger partial charge in [-0.1, -0.05) is 103 Å². The molecule has 0 aliphatic heterocycles. The number of rotatable bonds is 4. The van der Waals surface area contributed by atoms with Gasteiger partial charge in [0.25, 0.3) is 0 Å². The first kappa shape index (κ1) is 24.1. The Hall–Kier alpha value is -5.74. The normalized spacial score (nSPS) is 11.3. The van der Waals surface area contributed by atoms with E-state index < -0.39 is 0 Å². The van der Waals surface area contributed by atoms with Crippen LogP contribution in [0.2, 0.25) is 0 Å². The summed E-state index contributed by atoms with van der Waals surface area (Å²) in [5.74, 6) is 0. The summed E-state index contributed by atoms with van der Waals surface area (Å²) < 4.78 is 0. The van der Waals surface area contributed by atoms with Gasteiger partial charge in [-0.15, -0.1) is 0 Å². The Morgan fingerprint density at radius 1 is 0.381 bits per heavy atom. The van der Waals surface area contributed by atoms with E-state index in [0.29, 0.717) is 0 Å². The highest BCUT2D eigenvalue weighted by molar-refractivity contribution is 6.03. The Balaban J connectivity index is 1.24. The van der Waals surface area contributed by atoms with Gasteiger partial charge in [-0.2, -0.15) is 0 Å². The van der Waals surface area contributed by atoms with Crippen LogP contribution in [-0.2, 0) is 0 Å². The van der Waals surface area contributed by atoms with E-state index in [9.17, 15) is 0 Å². The molecule has 0 radical (unpaired) electrons. The Kier molecular flexibility index (Phi) is 5.75. The van der Waals surface area contributed by atoms with E-state index in [4.69, 9.17) is 15.0 Å². The van der Waals surface area contributed by atoms with Crippen LogP contribution in [0.5, 0.6) is 0 Å². The van der Waals surface area contributed by atoms with Gasteiger partial charge >= 0.3 is 0 Å². The molecule has 4 heteroatoms. The zero-order valence-corrected chi connectivity index (χ0v) is 22.6. The number of benzene rings is 5. The molecule has 0 saturated heterocycles. The average Bonchev–Trinajstić information content (AvgIpc) is 3.08. The van der Waals surface area contributed by atoms with Gasteiger partial charge in [-0.3, -0.25) is 9.97 Å². The molecule has 0 bridgehead atoms. The first-order valence-electron chi connectivity index (χ1n) is 14.0. The Morgan fingerprint density at radius 3 is 1.74 bits per heavy atom. The summed E-state index contributed by atoms with van der Waals surface area (Å²) in [6.45, 7) is 0. The zero-order valence-electron chi connectivity index (χ0n) is 22.6. The zero-order chi connectivity index (χ0) is 27.9. The van der Waals surface area contributed by atoms with E-state index in [1.807, 2.05) is 30.6 Å². The standard InChI is InChI=1S/C38H24N4/c1-3-9-25(10-4-1)31-22-34-35(23-32(31)26-11-5-2-6-12-26)41-36(24-40-34)30-14-7-13-29(21-30)33-19-18-28-17-16-27-15-8-20-39-37(27)38(28)42-33/h1-24H. The first-order chi connectivity index (χ1) is 20.8. The minimum atomic E-state index is 0.823. The minimum absolute atomic E-state index is 0.823. The van der Waals surface area contributed by atoms with Gasteiger partial charge in [0.15, 0.2) is 0 Å². The fourth-order valence-electron chi connectivity index (χ4n) is 5.63. The fourth-order valence-corrected chi connectivity index (χ4v) is 5.63. The monoisotopic (exact) mass is 536 g/mol. The highest BCUT2D eigenvalue weighted by Crippen LogP contribution is 2.36. The molecule has 3 aromatic heterocycles. The highest BCUT2D eigenvalue weighted by atomic mass is 14.8. The van der Waals surface area contributed by atoms with Crippen LogP contribution in [0.3, 0.4) is 0 Å². The van der Waals surface area contributed by atoms with Crippen LogP contribution in [0.15, 0.2) is 146 Å². The summed E-state index contributed by atoms with van der Waals surface area (Å²) >= 11 is 0. The Morgan fingerprint density at radius 2 is 1.00 bits per heavy atom. The minimum Gasteiger partial charge on any atom is -0.254 e. The molecule has 0 aliphatic rings. The lowest BCUT2D eigenvalue weighted by Crippen LogP contribution is -1.93. The maximum atomic E-state index is 5.10. The Labute approximate surface area is 243 Å².